The maximum absolute atomic E-state index is 12.1. The van der Waals surface area contributed by atoms with Crippen molar-refractivity contribution in [3.05, 3.63) is 59.2 Å². The van der Waals surface area contributed by atoms with Crippen LogP contribution in [0.15, 0.2) is 36.8 Å². The number of hydrogen-bond donors (Lipinski definition) is 1. The number of aromatic nitrogens is 2. The second-order valence-corrected chi connectivity index (χ2v) is 6.20. The first kappa shape index (κ1) is 15.2. The van der Waals surface area contributed by atoms with Crippen LogP contribution in [-0.4, -0.2) is 15.9 Å². The monoisotopic (exact) mass is 283 g/mol. The van der Waals surface area contributed by atoms with E-state index >= 15 is 0 Å². The Morgan fingerprint density at radius 3 is 2.48 bits per heavy atom. The van der Waals surface area contributed by atoms with Crippen LogP contribution in [0.1, 0.15) is 48.0 Å². The third-order valence-electron chi connectivity index (χ3n) is 3.25. The molecule has 21 heavy (non-hydrogen) atoms. The highest BCUT2D eigenvalue weighted by molar-refractivity contribution is 5.94. The standard InChI is InChI=1S/C17H21N3O/c1-12-5-7-13(8-6-12)16(21)19-10-14-9-18-11-20-15(14)17(2,3)4/h5-9,11H,10H2,1-4H3,(H,19,21). The zero-order chi connectivity index (χ0) is 15.5. The molecule has 0 aliphatic carbocycles. The predicted octanol–water partition coefficient (Wildman–Crippen LogP) is 3.01. The summed E-state index contributed by atoms with van der Waals surface area (Å²) in [5, 5.41) is 2.93. The second-order valence-electron chi connectivity index (χ2n) is 6.20. The van der Waals surface area contributed by atoms with Gasteiger partial charge in [0.15, 0.2) is 0 Å². The molecule has 0 saturated carbocycles. The molecule has 0 fully saturated rings. The molecule has 0 unspecified atom stereocenters. The first-order valence-corrected chi connectivity index (χ1v) is 7.02. The molecule has 2 aromatic rings. The Labute approximate surface area is 125 Å². The number of nitrogens with zero attached hydrogens (tertiary/aromatic N) is 2. The van der Waals surface area contributed by atoms with Crippen molar-refractivity contribution in [1.29, 1.82) is 0 Å². The lowest BCUT2D eigenvalue weighted by Crippen LogP contribution is -2.26. The Kier molecular flexibility index (Phi) is 4.36. The molecule has 4 heteroatoms. The fourth-order valence-electron chi connectivity index (χ4n) is 2.15. The minimum atomic E-state index is -0.0845. The minimum absolute atomic E-state index is 0.0765. The van der Waals surface area contributed by atoms with Gasteiger partial charge in [-0.05, 0) is 19.1 Å². The molecule has 1 aromatic carbocycles. The van der Waals surface area contributed by atoms with E-state index in [4.69, 9.17) is 0 Å². The summed E-state index contributed by atoms with van der Waals surface area (Å²) in [7, 11) is 0. The van der Waals surface area contributed by atoms with E-state index < -0.39 is 0 Å². The van der Waals surface area contributed by atoms with Crippen molar-refractivity contribution in [3.63, 3.8) is 0 Å². The van der Waals surface area contributed by atoms with E-state index in [-0.39, 0.29) is 11.3 Å². The molecule has 0 aliphatic rings. The molecular weight excluding hydrogens is 262 g/mol. The first-order valence-electron chi connectivity index (χ1n) is 7.02. The van der Waals surface area contributed by atoms with E-state index in [0.717, 1.165) is 16.8 Å². The summed E-state index contributed by atoms with van der Waals surface area (Å²) < 4.78 is 0. The number of hydrogen-bond acceptors (Lipinski definition) is 3. The molecule has 1 amide bonds. The topological polar surface area (TPSA) is 54.9 Å². The lowest BCUT2D eigenvalue weighted by atomic mass is 9.89. The molecule has 1 heterocycles. The van der Waals surface area contributed by atoms with Crippen molar-refractivity contribution < 1.29 is 4.79 Å². The van der Waals surface area contributed by atoms with Gasteiger partial charge in [0.05, 0.1) is 5.69 Å². The van der Waals surface area contributed by atoms with Crippen LogP contribution in [0.25, 0.3) is 0 Å². The Balaban J connectivity index is 2.10. The van der Waals surface area contributed by atoms with Gasteiger partial charge in [-0.15, -0.1) is 0 Å². The van der Waals surface area contributed by atoms with E-state index in [9.17, 15) is 4.79 Å². The zero-order valence-electron chi connectivity index (χ0n) is 13.0. The Hall–Kier alpha value is -2.23. The van der Waals surface area contributed by atoms with Gasteiger partial charge < -0.3 is 5.32 Å². The van der Waals surface area contributed by atoms with Crippen LogP contribution in [0.5, 0.6) is 0 Å². The summed E-state index contributed by atoms with van der Waals surface area (Å²) in [6, 6.07) is 7.52. The van der Waals surface area contributed by atoms with Crippen LogP contribution < -0.4 is 5.32 Å². The van der Waals surface area contributed by atoms with Gasteiger partial charge in [-0.25, -0.2) is 9.97 Å². The Bertz CT molecular complexity index is 627. The quantitative estimate of drug-likeness (QED) is 0.942. The molecule has 0 saturated heterocycles. The number of amides is 1. The summed E-state index contributed by atoms with van der Waals surface area (Å²) in [6.07, 6.45) is 3.31. The van der Waals surface area contributed by atoms with Crippen LogP contribution in [0.2, 0.25) is 0 Å². The van der Waals surface area contributed by atoms with Crippen LogP contribution >= 0.6 is 0 Å². The van der Waals surface area contributed by atoms with Crippen molar-refractivity contribution in [2.24, 2.45) is 0 Å². The molecule has 1 N–H and O–H groups in total. The average molecular weight is 283 g/mol. The molecule has 0 spiro atoms. The van der Waals surface area contributed by atoms with Gasteiger partial charge in [0, 0.05) is 29.3 Å². The van der Waals surface area contributed by atoms with Crippen molar-refractivity contribution in [3.8, 4) is 0 Å². The molecule has 0 radical (unpaired) electrons. The maximum atomic E-state index is 12.1. The summed E-state index contributed by atoms with van der Waals surface area (Å²) in [6.45, 7) is 8.72. The van der Waals surface area contributed by atoms with Gasteiger partial charge >= 0.3 is 0 Å². The molecule has 0 bridgehead atoms. The normalized spacial score (nSPS) is 11.2. The lowest BCUT2D eigenvalue weighted by molar-refractivity contribution is 0.0950. The molecule has 2 rings (SSSR count). The van der Waals surface area contributed by atoms with Gasteiger partial charge in [0.25, 0.3) is 5.91 Å². The smallest absolute Gasteiger partial charge is 0.251 e. The van der Waals surface area contributed by atoms with Gasteiger partial charge in [0.2, 0.25) is 0 Å². The minimum Gasteiger partial charge on any atom is -0.348 e. The molecule has 1 aromatic heterocycles. The fourth-order valence-corrected chi connectivity index (χ4v) is 2.15. The number of benzene rings is 1. The van der Waals surface area contributed by atoms with E-state index in [2.05, 4.69) is 36.1 Å². The van der Waals surface area contributed by atoms with E-state index in [1.54, 1.807) is 12.5 Å². The largest absolute Gasteiger partial charge is 0.348 e. The van der Waals surface area contributed by atoms with Gasteiger partial charge in [-0.1, -0.05) is 38.5 Å². The number of aryl methyl sites for hydroxylation is 1. The molecule has 110 valence electrons. The predicted molar refractivity (Wildman–Crippen MR) is 83.1 cm³/mol. The summed E-state index contributed by atoms with van der Waals surface area (Å²) >= 11 is 0. The van der Waals surface area contributed by atoms with E-state index in [0.29, 0.717) is 12.1 Å². The molecule has 4 nitrogen and oxygen atoms in total. The lowest BCUT2D eigenvalue weighted by Gasteiger charge is -2.21. The Morgan fingerprint density at radius 2 is 1.86 bits per heavy atom. The number of carbonyl (C=O) groups excluding carboxylic acids is 1. The highest BCUT2D eigenvalue weighted by atomic mass is 16.1. The SMILES string of the molecule is Cc1ccc(C(=O)NCc2cncnc2C(C)(C)C)cc1. The van der Waals surface area contributed by atoms with Gasteiger partial charge in [-0.3, -0.25) is 4.79 Å². The average Bonchev–Trinajstić information content (AvgIpc) is 2.45. The van der Waals surface area contributed by atoms with Crippen molar-refractivity contribution >= 4 is 5.91 Å². The first-order chi connectivity index (χ1) is 9.88. The van der Waals surface area contributed by atoms with Crippen LogP contribution in [0.3, 0.4) is 0 Å². The van der Waals surface area contributed by atoms with Crippen LogP contribution in [0.4, 0.5) is 0 Å². The highest BCUT2D eigenvalue weighted by Gasteiger charge is 2.19. The number of nitrogens with one attached hydrogen (secondary N) is 1. The molecule has 0 aliphatic heterocycles. The molecular formula is C17H21N3O. The van der Waals surface area contributed by atoms with Crippen LogP contribution in [-0.2, 0) is 12.0 Å². The highest BCUT2D eigenvalue weighted by Crippen LogP contribution is 2.22. The van der Waals surface area contributed by atoms with Crippen LogP contribution in [0, 0.1) is 6.92 Å². The van der Waals surface area contributed by atoms with Crippen molar-refractivity contribution in [1.82, 2.24) is 15.3 Å². The molecule has 0 atom stereocenters. The fraction of sp³-hybridized carbons (Fsp3) is 0.353. The second kappa shape index (κ2) is 6.04. The number of rotatable bonds is 3. The Morgan fingerprint density at radius 1 is 1.19 bits per heavy atom. The van der Waals surface area contributed by atoms with Gasteiger partial charge in [-0.2, -0.15) is 0 Å². The maximum Gasteiger partial charge on any atom is 0.251 e. The summed E-state index contributed by atoms with van der Waals surface area (Å²) in [5.74, 6) is -0.0845. The van der Waals surface area contributed by atoms with Crippen molar-refractivity contribution in [2.45, 2.75) is 39.7 Å². The van der Waals surface area contributed by atoms with Crippen molar-refractivity contribution in [2.75, 3.05) is 0 Å². The zero-order valence-corrected chi connectivity index (χ0v) is 13.0. The summed E-state index contributed by atoms with van der Waals surface area (Å²) in [4.78, 5) is 20.5. The third-order valence-corrected chi connectivity index (χ3v) is 3.25. The third kappa shape index (κ3) is 3.88. The van der Waals surface area contributed by atoms with E-state index in [1.807, 2.05) is 31.2 Å². The number of carbonyl (C=O) groups is 1. The van der Waals surface area contributed by atoms with Gasteiger partial charge in [0.1, 0.15) is 6.33 Å². The van der Waals surface area contributed by atoms with E-state index in [1.165, 1.54) is 0 Å². The summed E-state index contributed by atoms with van der Waals surface area (Å²) in [5.41, 5.74) is 3.63.